The van der Waals surface area contributed by atoms with Gasteiger partial charge in [-0.1, -0.05) is 12.5 Å². The van der Waals surface area contributed by atoms with Gasteiger partial charge in [-0.05, 0) is 44.8 Å². The minimum Gasteiger partial charge on any atom is -0.303 e. The fourth-order valence-corrected chi connectivity index (χ4v) is 1.73. The Hall–Kier alpha value is -0.370. The minimum absolute atomic E-state index is 0.292. The number of hydrogen-bond acceptors (Lipinski definition) is 1. The van der Waals surface area contributed by atoms with Crippen LogP contribution < -0.4 is 0 Å². The van der Waals surface area contributed by atoms with E-state index >= 15 is 0 Å². The van der Waals surface area contributed by atoms with Gasteiger partial charge in [0.2, 0.25) is 0 Å². The maximum atomic E-state index is 12.1. The van der Waals surface area contributed by atoms with Crippen molar-refractivity contribution in [3.8, 4) is 0 Å². The van der Waals surface area contributed by atoms with E-state index in [-0.39, 0.29) is 6.67 Å². The third-order valence-electron chi connectivity index (χ3n) is 2.60. The molecule has 0 amide bonds. The minimum atomic E-state index is -0.292. The molecule has 1 heterocycles. The first kappa shape index (κ1) is 10.7. The number of halogens is 1. The summed E-state index contributed by atoms with van der Waals surface area (Å²) in [5.74, 6) is 0. The van der Waals surface area contributed by atoms with Gasteiger partial charge >= 0.3 is 0 Å². The van der Waals surface area contributed by atoms with Gasteiger partial charge in [0.1, 0.15) is 6.67 Å². The van der Waals surface area contributed by atoms with Gasteiger partial charge in [0.25, 0.3) is 0 Å². The number of likely N-dealkylation sites (tertiary alicyclic amines) is 1. The molecule has 1 rings (SSSR count). The molecule has 0 aliphatic carbocycles. The second-order valence-corrected chi connectivity index (χ2v) is 3.88. The van der Waals surface area contributed by atoms with Crippen molar-refractivity contribution in [2.75, 3.05) is 26.3 Å². The summed E-state index contributed by atoms with van der Waals surface area (Å²) in [7, 11) is 0. The molecule has 0 bridgehead atoms. The second kappa shape index (κ2) is 6.14. The summed E-state index contributed by atoms with van der Waals surface area (Å²) in [4.78, 5) is 2.48. The van der Waals surface area contributed by atoms with Crippen LogP contribution in [0.3, 0.4) is 0 Å². The first-order valence-corrected chi connectivity index (χ1v) is 5.27. The first-order valence-electron chi connectivity index (χ1n) is 5.27. The zero-order valence-corrected chi connectivity index (χ0v) is 8.56. The molecule has 0 saturated carbocycles. The van der Waals surface area contributed by atoms with Gasteiger partial charge in [-0.15, -0.1) is 0 Å². The highest BCUT2D eigenvalue weighted by atomic mass is 19.1. The zero-order chi connectivity index (χ0) is 9.52. The van der Waals surface area contributed by atoms with Gasteiger partial charge in [0.05, 0.1) is 0 Å². The van der Waals surface area contributed by atoms with Crippen molar-refractivity contribution < 1.29 is 4.39 Å². The molecule has 0 spiro atoms. The highest BCUT2D eigenvalue weighted by molar-refractivity contribution is 4.97. The van der Waals surface area contributed by atoms with Gasteiger partial charge in [0.15, 0.2) is 0 Å². The lowest BCUT2D eigenvalue weighted by atomic mass is 10.1. The second-order valence-electron chi connectivity index (χ2n) is 3.88. The average molecular weight is 185 g/mol. The molecule has 0 atom stereocenters. The SMILES string of the molecule is C/C(=C\CCN1CCCCC1)CF. The lowest BCUT2D eigenvalue weighted by Crippen LogP contribution is -2.30. The first-order chi connectivity index (χ1) is 6.33. The molecule has 0 unspecified atom stereocenters. The molecule has 0 aromatic rings. The number of nitrogens with zero attached hydrogens (tertiary/aromatic N) is 1. The smallest absolute Gasteiger partial charge is 0.110 e. The van der Waals surface area contributed by atoms with E-state index in [4.69, 9.17) is 0 Å². The van der Waals surface area contributed by atoms with E-state index in [1.165, 1.54) is 32.4 Å². The van der Waals surface area contributed by atoms with E-state index in [0.29, 0.717) is 0 Å². The van der Waals surface area contributed by atoms with Crippen LogP contribution in [0.15, 0.2) is 11.6 Å². The Labute approximate surface area is 80.6 Å². The van der Waals surface area contributed by atoms with Crippen LogP contribution in [0.5, 0.6) is 0 Å². The number of hydrogen-bond donors (Lipinski definition) is 0. The van der Waals surface area contributed by atoms with Crippen molar-refractivity contribution in [2.45, 2.75) is 32.6 Å². The molecule has 2 heteroatoms. The van der Waals surface area contributed by atoms with Crippen molar-refractivity contribution in [3.63, 3.8) is 0 Å². The maximum absolute atomic E-state index is 12.1. The van der Waals surface area contributed by atoms with Crippen LogP contribution in [0.4, 0.5) is 4.39 Å². The third-order valence-corrected chi connectivity index (χ3v) is 2.60. The molecule has 1 nitrogen and oxygen atoms in total. The summed E-state index contributed by atoms with van der Waals surface area (Å²) in [5.41, 5.74) is 0.872. The lowest BCUT2D eigenvalue weighted by molar-refractivity contribution is 0.232. The van der Waals surface area contributed by atoms with Crippen molar-refractivity contribution in [1.29, 1.82) is 0 Å². The molecular formula is C11H20FN. The number of allylic oxidation sites excluding steroid dienone is 1. The van der Waals surface area contributed by atoms with Gasteiger partial charge in [-0.3, -0.25) is 0 Å². The summed E-state index contributed by atoms with van der Waals surface area (Å²) in [6.45, 7) is 5.15. The van der Waals surface area contributed by atoms with Crippen molar-refractivity contribution in [2.24, 2.45) is 0 Å². The molecule has 0 radical (unpaired) electrons. The van der Waals surface area contributed by atoms with Crippen LogP contribution >= 0.6 is 0 Å². The topological polar surface area (TPSA) is 3.24 Å². The van der Waals surface area contributed by atoms with Crippen LogP contribution in [0.2, 0.25) is 0 Å². The molecule has 1 saturated heterocycles. The summed E-state index contributed by atoms with van der Waals surface area (Å²) < 4.78 is 12.1. The Balaban J connectivity index is 2.10. The summed E-state index contributed by atoms with van der Waals surface area (Å²) in [6.07, 6.45) is 7.10. The largest absolute Gasteiger partial charge is 0.303 e. The number of alkyl halides is 1. The molecule has 0 aromatic carbocycles. The molecule has 76 valence electrons. The monoisotopic (exact) mass is 185 g/mol. The van der Waals surface area contributed by atoms with Crippen molar-refractivity contribution in [1.82, 2.24) is 4.90 Å². The normalized spacial score (nSPS) is 20.6. The van der Waals surface area contributed by atoms with E-state index in [0.717, 1.165) is 18.5 Å². The van der Waals surface area contributed by atoms with E-state index < -0.39 is 0 Å². The van der Waals surface area contributed by atoms with E-state index in [1.54, 1.807) is 0 Å². The Morgan fingerprint density at radius 2 is 2.00 bits per heavy atom. The van der Waals surface area contributed by atoms with Gasteiger partial charge in [-0.2, -0.15) is 0 Å². The van der Waals surface area contributed by atoms with Crippen LogP contribution in [-0.2, 0) is 0 Å². The number of rotatable bonds is 4. The van der Waals surface area contributed by atoms with E-state index in [2.05, 4.69) is 4.90 Å². The summed E-state index contributed by atoms with van der Waals surface area (Å²) >= 11 is 0. The van der Waals surface area contributed by atoms with Crippen LogP contribution in [0, 0.1) is 0 Å². The predicted molar refractivity (Wildman–Crippen MR) is 54.6 cm³/mol. The van der Waals surface area contributed by atoms with Gasteiger partial charge < -0.3 is 4.90 Å². The Bertz CT molecular complexity index is 159. The van der Waals surface area contributed by atoms with Crippen molar-refractivity contribution in [3.05, 3.63) is 11.6 Å². The number of piperidine rings is 1. The standard InChI is InChI=1S/C11H20FN/c1-11(10-12)6-5-9-13-7-3-2-4-8-13/h6H,2-5,7-10H2,1H3/b11-6+. The predicted octanol–water partition coefficient (Wildman–Crippen LogP) is 2.78. The molecule has 1 aliphatic heterocycles. The molecule has 13 heavy (non-hydrogen) atoms. The molecular weight excluding hydrogens is 165 g/mol. The van der Waals surface area contributed by atoms with Crippen molar-refractivity contribution >= 4 is 0 Å². The fraction of sp³-hybridized carbons (Fsp3) is 0.818. The fourth-order valence-electron chi connectivity index (χ4n) is 1.73. The highest BCUT2D eigenvalue weighted by Gasteiger charge is 2.07. The van der Waals surface area contributed by atoms with Crippen LogP contribution in [-0.4, -0.2) is 31.2 Å². The maximum Gasteiger partial charge on any atom is 0.110 e. The van der Waals surface area contributed by atoms with Gasteiger partial charge in [0, 0.05) is 6.54 Å². The molecule has 0 N–H and O–H groups in total. The highest BCUT2D eigenvalue weighted by Crippen LogP contribution is 2.09. The van der Waals surface area contributed by atoms with Crippen LogP contribution in [0.25, 0.3) is 0 Å². The average Bonchev–Trinajstić information content (AvgIpc) is 2.19. The Morgan fingerprint density at radius 3 is 2.62 bits per heavy atom. The van der Waals surface area contributed by atoms with Gasteiger partial charge in [-0.25, -0.2) is 4.39 Å². The Morgan fingerprint density at radius 1 is 1.31 bits per heavy atom. The molecule has 1 aliphatic rings. The zero-order valence-electron chi connectivity index (χ0n) is 8.56. The quantitative estimate of drug-likeness (QED) is 0.609. The lowest BCUT2D eigenvalue weighted by Gasteiger charge is -2.25. The van der Waals surface area contributed by atoms with E-state index in [9.17, 15) is 4.39 Å². The summed E-state index contributed by atoms with van der Waals surface area (Å²) in [6, 6.07) is 0. The third kappa shape index (κ3) is 4.41. The van der Waals surface area contributed by atoms with E-state index in [1.807, 2.05) is 13.0 Å². The molecule has 0 aromatic heterocycles. The van der Waals surface area contributed by atoms with Crippen LogP contribution in [0.1, 0.15) is 32.6 Å². The summed E-state index contributed by atoms with van der Waals surface area (Å²) in [5, 5.41) is 0. The Kier molecular flexibility index (Phi) is 5.06. The molecule has 1 fully saturated rings.